The van der Waals surface area contributed by atoms with E-state index in [2.05, 4.69) is 4.72 Å². The maximum atomic E-state index is 12.4. The van der Waals surface area contributed by atoms with Crippen LogP contribution in [0.3, 0.4) is 0 Å². The molecular weight excluding hydrogens is 298 g/mol. The molecule has 7 heteroatoms. The zero-order chi connectivity index (χ0) is 14.8. The number of nitrogens with zero attached hydrogens (tertiary/aromatic N) is 1. The predicted molar refractivity (Wildman–Crippen MR) is 76.7 cm³/mol. The maximum absolute atomic E-state index is 12.4. The van der Waals surface area contributed by atoms with Crippen molar-refractivity contribution in [1.82, 2.24) is 4.72 Å². The number of hydrogen-bond donors (Lipinski definition) is 2. The summed E-state index contributed by atoms with van der Waals surface area (Å²) in [4.78, 5) is -0.0739. The molecule has 1 saturated carbocycles. The fourth-order valence-corrected chi connectivity index (χ4v) is 4.31. The van der Waals surface area contributed by atoms with Crippen molar-refractivity contribution in [3.8, 4) is 6.07 Å². The molecule has 0 amide bonds. The second-order valence-corrected chi connectivity index (χ2v) is 7.03. The van der Waals surface area contributed by atoms with Crippen LogP contribution in [-0.4, -0.2) is 21.0 Å². The highest BCUT2D eigenvalue weighted by Crippen LogP contribution is 2.27. The Kier molecular flexibility index (Phi) is 4.66. The lowest BCUT2D eigenvalue weighted by atomic mass is 10.1. The minimum absolute atomic E-state index is 0.0739. The molecule has 1 fully saturated rings. The van der Waals surface area contributed by atoms with Gasteiger partial charge in [0, 0.05) is 11.1 Å². The molecule has 20 heavy (non-hydrogen) atoms. The van der Waals surface area contributed by atoms with E-state index < -0.39 is 10.0 Å². The Morgan fingerprint density at radius 3 is 2.85 bits per heavy atom. The molecule has 0 bridgehead atoms. The van der Waals surface area contributed by atoms with Gasteiger partial charge in [0.25, 0.3) is 0 Å². The Bertz CT molecular complexity index is 640. The first kappa shape index (κ1) is 15.3. The monoisotopic (exact) mass is 313 g/mol. The summed E-state index contributed by atoms with van der Waals surface area (Å²) in [5.41, 5.74) is 5.74. The standard InChI is InChI=1S/C13H16ClN3O2S/c14-11-5-4-10(8-16)13(6-11)20(18,19)17-12-3-1-2-9(12)7-15/h4-6,9,12,17H,1-3,7,15H2. The van der Waals surface area contributed by atoms with E-state index in [1.54, 1.807) is 0 Å². The van der Waals surface area contributed by atoms with Crippen molar-refractivity contribution in [1.29, 1.82) is 5.26 Å². The first-order chi connectivity index (χ1) is 9.47. The van der Waals surface area contributed by atoms with Crippen molar-refractivity contribution >= 4 is 21.6 Å². The van der Waals surface area contributed by atoms with Gasteiger partial charge in [-0.1, -0.05) is 18.0 Å². The Balaban J connectivity index is 2.31. The summed E-state index contributed by atoms with van der Waals surface area (Å²) < 4.78 is 27.5. The summed E-state index contributed by atoms with van der Waals surface area (Å²) in [5, 5.41) is 9.31. The van der Waals surface area contributed by atoms with Crippen LogP contribution < -0.4 is 10.5 Å². The van der Waals surface area contributed by atoms with E-state index in [1.807, 2.05) is 6.07 Å². The lowest BCUT2D eigenvalue weighted by Gasteiger charge is -2.19. The van der Waals surface area contributed by atoms with E-state index in [4.69, 9.17) is 22.6 Å². The van der Waals surface area contributed by atoms with Crippen LogP contribution in [0.1, 0.15) is 24.8 Å². The third-order valence-electron chi connectivity index (χ3n) is 3.62. The summed E-state index contributed by atoms with van der Waals surface area (Å²) in [6.45, 7) is 0.452. The Morgan fingerprint density at radius 1 is 1.45 bits per heavy atom. The average Bonchev–Trinajstić information content (AvgIpc) is 2.85. The van der Waals surface area contributed by atoms with Crippen LogP contribution >= 0.6 is 11.6 Å². The van der Waals surface area contributed by atoms with E-state index >= 15 is 0 Å². The molecule has 0 radical (unpaired) electrons. The molecule has 0 aromatic heterocycles. The van der Waals surface area contributed by atoms with Crippen LogP contribution in [0.15, 0.2) is 23.1 Å². The van der Waals surface area contributed by atoms with Gasteiger partial charge in [0.15, 0.2) is 0 Å². The minimum Gasteiger partial charge on any atom is -0.330 e. The second-order valence-electron chi connectivity index (χ2n) is 4.91. The highest BCUT2D eigenvalue weighted by molar-refractivity contribution is 7.89. The summed E-state index contributed by atoms with van der Waals surface area (Å²) in [5.74, 6) is 0.148. The van der Waals surface area contributed by atoms with Gasteiger partial charge in [0.05, 0.1) is 5.56 Å². The van der Waals surface area contributed by atoms with Gasteiger partial charge in [0.1, 0.15) is 11.0 Å². The van der Waals surface area contributed by atoms with Gasteiger partial charge < -0.3 is 5.73 Å². The molecular formula is C13H16ClN3O2S. The maximum Gasteiger partial charge on any atom is 0.242 e. The highest BCUT2D eigenvalue weighted by Gasteiger charge is 2.31. The number of nitrogens with two attached hydrogens (primary N) is 1. The molecule has 1 aliphatic rings. The summed E-state index contributed by atoms with van der Waals surface area (Å²) in [6.07, 6.45) is 2.64. The minimum atomic E-state index is -3.76. The summed E-state index contributed by atoms with van der Waals surface area (Å²) >= 11 is 5.83. The smallest absolute Gasteiger partial charge is 0.242 e. The van der Waals surface area contributed by atoms with Crippen molar-refractivity contribution in [3.63, 3.8) is 0 Å². The molecule has 0 saturated heterocycles. The van der Waals surface area contributed by atoms with E-state index in [1.165, 1.54) is 18.2 Å². The molecule has 1 aromatic rings. The molecule has 5 nitrogen and oxygen atoms in total. The summed E-state index contributed by atoms with van der Waals surface area (Å²) in [6, 6.07) is 5.91. The molecule has 2 unspecified atom stereocenters. The van der Waals surface area contributed by atoms with Crippen LogP contribution in [0.4, 0.5) is 0 Å². The zero-order valence-electron chi connectivity index (χ0n) is 10.8. The first-order valence-electron chi connectivity index (χ1n) is 6.40. The number of hydrogen-bond acceptors (Lipinski definition) is 4. The van der Waals surface area contributed by atoms with Gasteiger partial charge in [-0.3, -0.25) is 0 Å². The van der Waals surface area contributed by atoms with Crippen molar-refractivity contribution in [3.05, 3.63) is 28.8 Å². The van der Waals surface area contributed by atoms with E-state index in [-0.39, 0.29) is 27.4 Å². The predicted octanol–water partition coefficient (Wildman–Crippen LogP) is 1.62. The summed E-state index contributed by atoms with van der Waals surface area (Å²) in [7, 11) is -3.76. The molecule has 1 aromatic carbocycles. The zero-order valence-corrected chi connectivity index (χ0v) is 12.4. The van der Waals surface area contributed by atoms with Gasteiger partial charge in [-0.15, -0.1) is 0 Å². The van der Waals surface area contributed by atoms with Crippen LogP contribution in [-0.2, 0) is 10.0 Å². The Hall–Kier alpha value is -1.13. The van der Waals surface area contributed by atoms with E-state index in [9.17, 15) is 8.42 Å². The Morgan fingerprint density at radius 2 is 2.20 bits per heavy atom. The van der Waals surface area contributed by atoms with Gasteiger partial charge in [-0.2, -0.15) is 5.26 Å². The fraction of sp³-hybridized carbons (Fsp3) is 0.462. The van der Waals surface area contributed by atoms with Crippen LogP contribution in [0, 0.1) is 17.2 Å². The SMILES string of the molecule is N#Cc1ccc(Cl)cc1S(=O)(=O)NC1CCCC1CN. The normalized spacial score (nSPS) is 22.6. The van der Waals surface area contributed by atoms with Gasteiger partial charge in [0.2, 0.25) is 10.0 Å². The van der Waals surface area contributed by atoms with Crippen molar-refractivity contribution in [2.45, 2.75) is 30.2 Å². The van der Waals surface area contributed by atoms with Gasteiger partial charge >= 0.3 is 0 Å². The van der Waals surface area contributed by atoms with Crippen LogP contribution in [0.5, 0.6) is 0 Å². The van der Waals surface area contributed by atoms with E-state index in [0.29, 0.717) is 6.54 Å². The lowest BCUT2D eigenvalue weighted by molar-refractivity contribution is 0.453. The quantitative estimate of drug-likeness (QED) is 0.882. The third-order valence-corrected chi connectivity index (χ3v) is 5.39. The van der Waals surface area contributed by atoms with Crippen LogP contribution in [0.2, 0.25) is 5.02 Å². The highest BCUT2D eigenvalue weighted by atomic mass is 35.5. The number of nitriles is 1. The van der Waals surface area contributed by atoms with Gasteiger partial charge in [-0.25, -0.2) is 13.1 Å². The molecule has 2 rings (SSSR count). The van der Waals surface area contributed by atoms with Crippen molar-refractivity contribution < 1.29 is 8.42 Å². The molecule has 108 valence electrons. The largest absolute Gasteiger partial charge is 0.330 e. The second kappa shape index (κ2) is 6.10. The molecule has 0 spiro atoms. The molecule has 3 N–H and O–H groups in total. The average molecular weight is 314 g/mol. The lowest BCUT2D eigenvalue weighted by Crippen LogP contribution is -2.40. The number of benzene rings is 1. The first-order valence-corrected chi connectivity index (χ1v) is 8.26. The molecule has 1 aliphatic carbocycles. The third kappa shape index (κ3) is 3.13. The number of nitrogens with one attached hydrogen (secondary N) is 1. The fourth-order valence-electron chi connectivity index (χ4n) is 2.55. The number of halogens is 1. The molecule has 0 aliphatic heterocycles. The number of rotatable bonds is 4. The Labute approximate surface area is 123 Å². The van der Waals surface area contributed by atoms with E-state index in [0.717, 1.165) is 19.3 Å². The molecule has 2 atom stereocenters. The van der Waals surface area contributed by atoms with Crippen LogP contribution in [0.25, 0.3) is 0 Å². The molecule has 0 heterocycles. The topological polar surface area (TPSA) is 96.0 Å². The van der Waals surface area contributed by atoms with Crippen molar-refractivity contribution in [2.24, 2.45) is 11.7 Å². The number of sulfonamides is 1. The van der Waals surface area contributed by atoms with Crippen molar-refractivity contribution in [2.75, 3.05) is 6.54 Å². The van der Waals surface area contributed by atoms with Gasteiger partial charge in [-0.05, 0) is 43.5 Å².